The van der Waals surface area contributed by atoms with Crippen LogP contribution in [0.15, 0.2) is 188 Å². The minimum Gasteiger partial charge on any atom is -0.264 e. The van der Waals surface area contributed by atoms with Crippen LogP contribution in [0.3, 0.4) is 0 Å². The minimum absolute atomic E-state index is 0.162. The Kier molecular flexibility index (Phi) is 6.22. The van der Waals surface area contributed by atoms with Crippen LogP contribution in [0.1, 0.15) is 6.85 Å². The third-order valence-electron chi connectivity index (χ3n) is 9.09. The van der Waals surface area contributed by atoms with E-state index in [9.17, 15) is 0 Å². The predicted octanol–water partition coefficient (Wildman–Crippen LogP) is 12.2. The first-order valence-electron chi connectivity index (χ1n) is 18.9. The Morgan fingerprint density at radius 2 is 0.960 bits per heavy atom. The molecule has 0 saturated heterocycles. The van der Waals surface area contributed by atoms with Gasteiger partial charge in [-0.25, -0.2) is 9.97 Å². The van der Waals surface area contributed by atoms with E-state index in [0.717, 1.165) is 44.6 Å². The van der Waals surface area contributed by atoms with Gasteiger partial charge in [0.2, 0.25) is 0 Å². The van der Waals surface area contributed by atoms with Gasteiger partial charge in [-0.1, -0.05) is 158 Å². The summed E-state index contributed by atoms with van der Waals surface area (Å²) in [5.41, 5.74) is 9.03. The Labute approximate surface area is 298 Å². The van der Waals surface area contributed by atoms with Crippen molar-refractivity contribution in [3.05, 3.63) is 188 Å². The van der Waals surface area contributed by atoms with E-state index in [1.165, 1.54) is 21.5 Å². The van der Waals surface area contributed by atoms with Crippen molar-refractivity contribution in [2.75, 3.05) is 0 Å². The molecule has 2 aromatic heterocycles. The average Bonchev–Trinajstić information content (AvgIpc) is 3.25. The molecule has 0 bridgehead atoms. The molecule has 0 radical (unpaired) electrons. The number of nitrogens with zero attached hydrogens (tertiary/aromatic N) is 3. The lowest BCUT2D eigenvalue weighted by molar-refractivity contribution is 1.18. The quantitative estimate of drug-likeness (QED) is 0.169. The molecule has 0 spiro atoms. The summed E-state index contributed by atoms with van der Waals surface area (Å²) in [4.78, 5) is 14.4. The van der Waals surface area contributed by atoms with Crippen LogP contribution in [0.5, 0.6) is 0 Å². The van der Waals surface area contributed by atoms with Crippen LogP contribution in [-0.4, -0.2) is 15.0 Å². The van der Waals surface area contributed by atoms with E-state index in [-0.39, 0.29) is 29.7 Å². The number of hydrogen-bond acceptors (Lipinski definition) is 3. The second kappa shape index (κ2) is 12.7. The molecule has 3 heteroatoms. The predicted molar refractivity (Wildman–Crippen MR) is 207 cm³/mol. The van der Waals surface area contributed by atoms with Crippen molar-refractivity contribution in [3.63, 3.8) is 0 Å². The van der Waals surface area contributed by atoms with Crippen molar-refractivity contribution in [2.45, 2.75) is 0 Å². The molecule has 234 valence electrons. The Morgan fingerprint density at radius 3 is 1.62 bits per heavy atom. The maximum atomic E-state index is 8.46. The third-order valence-corrected chi connectivity index (χ3v) is 9.09. The molecule has 9 rings (SSSR count). The first-order valence-corrected chi connectivity index (χ1v) is 16.4. The third kappa shape index (κ3) is 5.61. The van der Waals surface area contributed by atoms with Crippen LogP contribution in [0.25, 0.3) is 88.8 Å². The highest BCUT2D eigenvalue weighted by Gasteiger charge is 2.13. The average molecular weight is 643 g/mol. The highest BCUT2D eigenvalue weighted by molar-refractivity contribution is 6.13. The number of aromatic nitrogens is 3. The lowest BCUT2D eigenvalue weighted by atomic mass is 9.93. The molecule has 9 aromatic rings. The number of rotatable bonds is 6. The lowest BCUT2D eigenvalue weighted by Crippen LogP contribution is -1.96. The number of benzene rings is 7. The highest BCUT2D eigenvalue weighted by Crippen LogP contribution is 2.36. The monoisotopic (exact) mass is 642 g/mol. The van der Waals surface area contributed by atoms with Crippen molar-refractivity contribution in [2.24, 2.45) is 0 Å². The van der Waals surface area contributed by atoms with Gasteiger partial charge < -0.3 is 0 Å². The van der Waals surface area contributed by atoms with Crippen LogP contribution in [0, 0.1) is 0 Å². The molecule has 0 aliphatic carbocycles. The SMILES string of the molecule is [2H]c1c([2H])c([2H])c(-c2ccc(-c3cc(-c4ccc(-c5cccnc5)cc4)nc(-c4ccc(-c5cc6ccccc6c6ccccc56)cc4)n3)cc2)c([2H])c1[2H]. The van der Waals surface area contributed by atoms with Crippen molar-refractivity contribution in [3.8, 4) is 67.3 Å². The minimum atomic E-state index is -0.413. The van der Waals surface area contributed by atoms with Crippen LogP contribution in [-0.2, 0) is 0 Å². The van der Waals surface area contributed by atoms with Gasteiger partial charge in [-0.05, 0) is 73.1 Å². The van der Waals surface area contributed by atoms with Gasteiger partial charge in [0.15, 0.2) is 5.82 Å². The summed E-state index contributed by atoms with van der Waals surface area (Å²) < 4.78 is 41.2. The van der Waals surface area contributed by atoms with Crippen molar-refractivity contribution in [1.82, 2.24) is 15.0 Å². The zero-order chi connectivity index (χ0) is 37.6. The Morgan fingerprint density at radius 1 is 0.400 bits per heavy atom. The lowest BCUT2D eigenvalue weighted by Gasteiger charge is -2.13. The molecule has 0 fully saturated rings. The Bertz CT molecular complexity index is 2870. The van der Waals surface area contributed by atoms with Gasteiger partial charge in [0.1, 0.15) is 0 Å². The van der Waals surface area contributed by atoms with Gasteiger partial charge in [0.05, 0.1) is 18.2 Å². The summed E-state index contributed by atoms with van der Waals surface area (Å²) in [6.07, 6.45) is 3.60. The zero-order valence-electron chi connectivity index (χ0n) is 31.9. The van der Waals surface area contributed by atoms with E-state index in [2.05, 4.69) is 96.0 Å². The van der Waals surface area contributed by atoms with Gasteiger partial charge in [-0.15, -0.1) is 0 Å². The summed E-state index contributed by atoms with van der Waals surface area (Å²) >= 11 is 0. The van der Waals surface area contributed by atoms with E-state index < -0.39 is 6.04 Å². The molecule has 50 heavy (non-hydrogen) atoms. The zero-order valence-corrected chi connectivity index (χ0v) is 26.9. The normalized spacial score (nSPS) is 12.6. The first-order chi connectivity index (χ1) is 26.8. The van der Waals surface area contributed by atoms with Crippen LogP contribution in [0.4, 0.5) is 0 Å². The summed E-state index contributed by atoms with van der Waals surface area (Å²) in [6.45, 7) is 0. The van der Waals surface area contributed by atoms with Gasteiger partial charge >= 0.3 is 0 Å². The number of pyridine rings is 1. The van der Waals surface area contributed by atoms with E-state index in [1.54, 1.807) is 18.3 Å². The van der Waals surface area contributed by atoms with Crippen molar-refractivity contribution < 1.29 is 6.85 Å². The molecule has 0 aliphatic rings. The maximum absolute atomic E-state index is 8.46. The molecule has 0 saturated carbocycles. The molecule has 7 aromatic carbocycles. The van der Waals surface area contributed by atoms with Crippen LogP contribution in [0.2, 0.25) is 0 Å². The number of fused-ring (bicyclic) bond motifs is 3. The topological polar surface area (TPSA) is 38.7 Å². The van der Waals surface area contributed by atoms with Crippen molar-refractivity contribution >= 4 is 21.5 Å². The van der Waals surface area contributed by atoms with Crippen LogP contribution >= 0.6 is 0 Å². The van der Waals surface area contributed by atoms with Gasteiger partial charge in [0.25, 0.3) is 0 Å². The van der Waals surface area contributed by atoms with E-state index in [1.807, 2.05) is 48.7 Å². The number of hydrogen-bond donors (Lipinski definition) is 0. The smallest absolute Gasteiger partial charge is 0.160 e. The fraction of sp³-hybridized carbons (Fsp3) is 0. The van der Waals surface area contributed by atoms with E-state index in [4.69, 9.17) is 16.8 Å². The van der Waals surface area contributed by atoms with Gasteiger partial charge in [-0.3, -0.25) is 4.98 Å². The second-order valence-electron chi connectivity index (χ2n) is 12.1. The molecule has 0 unspecified atom stereocenters. The highest BCUT2D eigenvalue weighted by atomic mass is 14.9. The summed E-state index contributed by atoms with van der Waals surface area (Å²) in [5, 5.41) is 4.82. The Balaban J connectivity index is 1.14. The second-order valence-corrected chi connectivity index (χ2v) is 12.1. The molecule has 0 amide bonds. The molecular weight excluding hydrogens is 607 g/mol. The molecule has 3 nitrogen and oxygen atoms in total. The fourth-order valence-electron chi connectivity index (χ4n) is 6.53. The molecule has 0 aliphatic heterocycles. The van der Waals surface area contributed by atoms with Crippen LogP contribution < -0.4 is 0 Å². The fourth-order valence-corrected chi connectivity index (χ4v) is 6.53. The van der Waals surface area contributed by atoms with E-state index >= 15 is 0 Å². The first kappa shape index (κ1) is 24.4. The van der Waals surface area contributed by atoms with Gasteiger partial charge in [0, 0.05) is 29.1 Å². The summed E-state index contributed by atoms with van der Waals surface area (Å²) in [5.74, 6) is 0.563. The van der Waals surface area contributed by atoms with Gasteiger partial charge in [-0.2, -0.15) is 0 Å². The molecule has 0 atom stereocenters. The largest absolute Gasteiger partial charge is 0.264 e. The van der Waals surface area contributed by atoms with Crippen molar-refractivity contribution in [1.29, 1.82) is 0 Å². The maximum Gasteiger partial charge on any atom is 0.160 e. The molecule has 0 N–H and O–H groups in total. The Hall–Kier alpha value is -6.71. The molecule has 2 heterocycles. The summed E-state index contributed by atoms with van der Waals surface area (Å²) in [6, 6.07) is 47.4. The van der Waals surface area contributed by atoms with E-state index in [0.29, 0.717) is 17.1 Å². The molecular formula is C47H31N3. The standard InChI is InChI=1S/C47H31N3/c1-2-9-32(10-3-1)33-16-22-36(23-17-33)45-30-46(37-24-18-34(19-25-37)40-12-8-28-48-31-40)50-47(49-45)38-26-20-35(21-27-38)44-29-39-11-4-5-13-41(39)42-14-6-7-15-43(42)44/h1-31H/i1D,2D,3D,9D,10D. The summed E-state index contributed by atoms with van der Waals surface area (Å²) in [7, 11) is 0.